The number of rotatable bonds is 4. The number of hydrogen-bond donors (Lipinski definition) is 0. The second kappa shape index (κ2) is 5.58. The second-order valence-electron chi connectivity index (χ2n) is 3.83. The van der Waals surface area contributed by atoms with Gasteiger partial charge in [0.05, 0.1) is 12.2 Å². The largest absolute Gasteiger partial charge is 0.375 e. The molecule has 1 aliphatic rings. The van der Waals surface area contributed by atoms with Gasteiger partial charge in [-0.05, 0) is 25.7 Å². The lowest BCUT2D eigenvalue weighted by atomic mass is 9.97. The Labute approximate surface area is 76.5 Å². The first-order chi connectivity index (χ1) is 5.86. The summed E-state index contributed by atoms with van der Waals surface area (Å²) in [6.45, 7) is 4.44. The molecule has 1 nitrogen and oxygen atoms in total. The summed E-state index contributed by atoms with van der Waals surface area (Å²) in [4.78, 5) is 0. The predicted molar refractivity (Wildman–Crippen MR) is 52.3 cm³/mol. The van der Waals surface area contributed by atoms with Crippen LogP contribution in [0.25, 0.3) is 0 Å². The molecular formula is C11H22O. The fraction of sp³-hybridized carbons (Fsp3) is 1.00. The van der Waals surface area contributed by atoms with Crippen LogP contribution in [0.15, 0.2) is 0 Å². The van der Waals surface area contributed by atoms with Crippen molar-refractivity contribution in [1.29, 1.82) is 0 Å². The lowest BCUT2D eigenvalue weighted by Crippen LogP contribution is -2.23. The molecule has 12 heavy (non-hydrogen) atoms. The minimum Gasteiger partial charge on any atom is -0.375 e. The zero-order valence-electron chi connectivity index (χ0n) is 8.51. The standard InChI is InChI=1S/C11H22O/c1-3-10(4-2)12-11-8-6-5-7-9-11/h10-11H,3-9H2,1-2H3. The first-order valence-electron chi connectivity index (χ1n) is 5.52. The van der Waals surface area contributed by atoms with E-state index in [4.69, 9.17) is 4.74 Å². The number of ether oxygens (including phenoxy) is 1. The summed E-state index contributed by atoms with van der Waals surface area (Å²) < 4.78 is 5.99. The Balaban J connectivity index is 2.18. The molecule has 0 bridgehead atoms. The van der Waals surface area contributed by atoms with Crippen LogP contribution in [-0.4, -0.2) is 12.2 Å². The smallest absolute Gasteiger partial charge is 0.0578 e. The van der Waals surface area contributed by atoms with Crippen LogP contribution in [0.4, 0.5) is 0 Å². The van der Waals surface area contributed by atoms with Gasteiger partial charge in [0.25, 0.3) is 0 Å². The zero-order chi connectivity index (χ0) is 8.81. The minimum absolute atomic E-state index is 0.521. The Morgan fingerprint density at radius 2 is 1.67 bits per heavy atom. The van der Waals surface area contributed by atoms with Gasteiger partial charge in [0.2, 0.25) is 0 Å². The van der Waals surface area contributed by atoms with Crippen molar-refractivity contribution in [3.8, 4) is 0 Å². The van der Waals surface area contributed by atoms with E-state index in [-0.39, 0.29) is 0 Å². The van der Waals surface area contributed by atoms with E-state index in [9.17, 15) is 0 Å². The molecule has 0 atom stereocenters. The van der Waals surface area contributed by atoms with E-state index in [1.807, 2.05) is 0 Å². The molecule has 0 N–H and O–H groups in total. The Bertz CT molecular complexity index is 102. The van der Waals surface area contributed by atoms with E-state index in [2.05, 4.69) is 13.8 Å². The molecule has 0 aromatic rings. The second-order valence-corrected chi connectivity index (χ2v) is 3.83. The van der Waals surface area contributed by atoms with Gasteiger partial charge in [0.1, 0.15) is 0 Å². The highest BCUT2D eigenvalue weighted by molar-refractivity contribution is 4.67. The molecule has 72 valence electrons. The quantitative estimate of drug-likeness (QED) is 0.627. The lowest BCUT2D eigenvalue weighted by Gasteiger charge is -2.26. The first-order valence-corrected chi connectivity index (χ1v) is 5.52. The third-order valence-corrected chi connectivity index (χ3v) is 2.85. The average molecular weight is 170 g/mol. The molecule has 0 unspecified atom stereocenters. The topological polar surface area (TPSA) is 9.23 Å². The minimum atomic E-state index is 0.521. The van der Waals surface area contributed by atoms with E-state index in [1.54, 1.807) is 0 Å². The molecule has 1 saturated carbocycles. The van der Waals surface area contributed by atoms with Crippen molar-refractivity contribution < 1.29 is 4.74 Å². The van der Waals surface area contributed by atoms with Crippen molar-refractivity contribution in [1.82, 2.24) is 0 Å². The van der Waals surface area contributed by atoms with Crippen LogP contribution in [0.1, 0.15) is 58.8 Å². The van der Waals surface area contributed by atoms with Gasteiger partial charge in [-0.1, -0.05) is 33.1 Å². The summed E-state index contributed by atoms with van der Waals surface area (Å²) in [6.07, 6.45) is 10.2. The summed E-state index contributed by atoms with van der Waals surface area (Å²) in [5.41, 5.74) is 0. The van der Waals surface area contributed by atoms with Gasteiger partial charge in [-0.25, -0.2) is 0 Å². The fourth-order valence-corrected chi connectivity index (χ4v) is 1.95. The Morgan fingerprint density at radius 1 is 1.08 bits per heavy atom. The maximum Gasteiger partial charge on any atom is 0.0578 e. The van der Waals surface area contributed by atoms with Gasteiger partial charge in [-0.15, -0.1) is 0 Å². The Hall–Kier alpha value is -0.0400. The molecule has 1 heteroatoms. The average Bonchev–Trinajstić information content (AvgIpc) is 2.16. The van der Waals surface area contributed by atoms with Crippen molar-refractivity contribution in [3.63, 3.8) is 0 Å². The van der Waals surface area contributed by atoms with Crippen molar-refractivity contribution in [2.24, 2.45) is 0 Å². The van der Waals surface area contributed by atoms with Gasteiger partial charge in [-0.2, -0.15) is 0 Å². The van der Waals surface area contributed by atoms with Crippen LogP contribution < -0.4 is 0 Å². The molecule has 1 fully saturated rings. The predicted octanol–water partition coefficient (Wildman–Crippen LogP) is 3.52. The monoisotopic (exact) mass is 170 g/mol. The Kier molecular flexibility index (Phi) is 4.67. The summed E-state index contributed by atoms with van der Waals surface area (Å²) in [7, 11) is 0. The normalized spacial score (nSPS) is 20.2. The summed E-state index contributed by atoms with van der Waals surface area (Å²) in [6, 6.07) is 0. The first kappa shape index (κ1) is 10.0. The van der Waals surface area contributed by atoms with E-state index in [0.29, 0.717) is 12.2 Å². The van der Waals surface area contributed by atoms with E-state index >= 15 is 0 Å². The van der Waals surface area contributed by atoms with Gasteiger partial charge in [0.15, 0.2) is 0 Å². The van der Waals surface area contributed by atoms with Crippen molar-refractivity contribution in [2.45, 2.75) is 71.0 Å². The molecular weight excluding hydrogens is 148 g/mol. The van der Waals surface area contributed by atoms with Crippen LogP contribution in [0.5, 0.6) is 0 Å². The number of hydrogen-bond acceptors (Lipinski definition) is 1. The summed E-state index contributed by atoms with van der Waals surface area (Å²) in [5, 5.41) is 0. The lowest BCUT2D eigenvalue weighted by molar-refractivity contribution is -0.0326. The van der Waals surface area contributed by atoms with Crippen molar-refractivity contribution in [2.75, 3.05) is 0 Å². The van der Waals surface area contributed by atoms with E-state index < -0.39 is 0 Å². The third-order valence-electron chi connectivity index (χ3n) is 2.85. The highest BCUT2D eigenvalue weighted by Crippen LogP contribution is 2.22. The Morgan fingerprint density at radius 3 is 2.17 bits per heavy atom. The van der Waals surface area contributed by atoms with Gasteiger partial charge in [0, 0.05) is 0 Å². The van der Waals surface area contributed by atoms with E-state index in [1.165, 1.54) is 44.9 Å². The van der Waals surface area contributed by atoms with Gasteiger partial charge < -0.3 is 4.74 Å². The van der Waals surface area contributed by atoms with E-state index in [0.717, 1.165) is 0 Å². The summed E-state index contributed by atoms with van der Waals surface area (Å²) >= 11 is 0. The maximum atomic E-state index is 5.99. The summed E-state index contributed by atoms with van der Waals surface area (Å²) in [5.74, 6) is 0. The van der Waals surface area contributed by atoms with Gasteiger partial charge >= 0.3 is 0 Å². The molecule has 0 spiro atoms. The molecule has 0 aliphatic heterocycles. The molecule has 1 aliphatic carbocycles. The van der Waals surface area contributed by atoms with Crippen molar-refractivity contribution in [3.05, 3.63) is 0 Å². The van der Waals surface area contributed by atoms with Crippen LogP contribution in [-0.2, 0) is 4.74 Å². The van der Waals surface area contributed by atoms with Gasteiger partial charge in [-0.3, -0.25) is 0 Å². The highest BCUT2D eigenvalue weighted by Gasteiger charge is 2.16. The molecule has 0 aromatic carbocycles. The van der Waals surface area contributed by atoms with Crippen LogP contribution in [0, 0.1) is 0 Å². The third kappa shape index (κ3) is 3.14. The highest BCUT2D eigenvalue weighted by atomic mass is 16.5. The van der Waals surface area contributed by atoms with Crippen LogP contribution in [0.3, 0.4) is 0 Å². The molecule has 0 amide bonds. The molecule has 0 radical (unpaired) electrons. The molecule has 0 saturated heterocycles. The molecule has 0 aromatic heterocycles. The SMILES string of the molecule is CCC(CC)OC1CCCCC1. The fourth-order valence-electron chi connectivity index (χ4n) is 1.95. The van der Waals surface area contributed by atoms with Crippen LogP contribution >= 0.6 is 0 Å². The van der Waals surface area contributed by atoms with Crippen LogP contribution in [0.2, 0.25) is 0 Å². The zero-order valence-corrected chi connectivity index (χ0v) is 8.51. The molecule has 0 heterocycles. The van der Waals surface area contributed by atoms with Crippen molar-refractivity contribution >= 4 is 0 Å². The maximum absolute atomic E-state index is 5.99. The molecule has 1 rings (SSSR count).